The van der Waals surface area contributed by atoms with E-state index in [-0.39, 0.29) is 0 Å². The molecule has 1 unspecified atom stereocenters. The highest BCUT2D eigenvalue weighted by atomic mass is 15.0. The quantitative estimate of drug-likeness (QED) is 0.649. The number of hydrogen-bond donors (Lipinski definition) is 2. The number of hydrogen-bond acceptors (Lipinski definition) is 2. The van der Waals surface area contributed by atoms with Crippen LogP contribution in [-0.2, 0) is 0 Å². The lowest BCUT2D eigenvalue weighted by molar-refractivity contribution is 0.247. The van der Waals surface area contributed by atoms with Gasteiger partial charge in [0.2, 0.25) is 0 Å². The van der Waals surface area contributed by atoms with Gasteiger partial charge in [-0.05, 0) is 46.1 Å². The Morgan fingerprint density at radius 2 is 1.92 bits per heavy atom. The van der Waals surface area contributed by atoms with Crippen molar-refractivity contribution in [3.05, 3.63) is 0 Å². The zero-order valence-electron chi connectivity index (χ0n) is 8.19. The Balaban J connectivity index is 1.81. The molecule has 0 spiro atoms. The highest BCUT2D eigenvalue weighted by Crippen LogP contribution is 2.24. The standard InChI is InChI=1S/C10H20N2/c1-10(2)7-9(5-6-11-10)12-8-3-4-8/h8-9,11-12H,3-7H2,1-2H3. The molecule has 0 radical (unpaired) electrons. The van der Waals surface area contributed by atoms with Gasteiger partial charge < -0.3 is 10.6 Å². The number of piperidine rings is 1. The first-order valence-corrected chi connectivity index (χ1v) is 5.17. The van der Waals surface area contributed by atoms with Crippen molar-refractivity contribution in [1.82, 2.24) is 10.6 Å². The monoisotopic (exact) mass is 168 g/mol. The van der Waals surface area contributed by atoms with Crippen molar-refractivity contribution < 1.29 is 0 Å². The summed E-state index contributed by atoms with van der Waals surface area (Å²) in [5.41, 5.74) is 0.352. The average Bonchev–Trinajstić information content (AvgIpc) is 2.69. The Kier molecular flexibility index (Phi) is 2.13. The van der Waals surface area contributed by atoms with E-state index in [0.717, 1.165) is 12.1 Å². The van der Waals surface area contributed by atoms with E-state index in [1.165, 1.54) is 32.2 Å². The molecular formula is C10H20N2. The van der Waals surface area contributed by atoms with Crippen LogP contribution in [0.25, 0.3) is 0 Å². The van der Waals surface area contributed by atoms with Crippen LogP contribution in [0.1, 0.15) is 39.5 Å². The van der Waals surface area contributed by atoms with Crippen LogP contribution in [0, 0.1) is 0 Å². The van der Waals surface area contributed by atoms with E-state index in [1.807, 2.05) is 0 Å². The predicted octanol–water partition coefficient (Wildman–Crippen LogP) is 1.27. The molecule has 1 atom stereocenters. The lowest BCUT2D eigenvalue weighted by atomic mass is 9.89. The zero-order chi connectivity index (χ0) is 8.60. The van der Waals surface area contributed by atoms with Crippen molar-refractivity contribution >= 4 is 0 Å². The zero-order valence-corrected chi connectivity index (χ0v) is 8.19. The normalized spacial score (nSPS) is 35.0. The molecule has 2 heteroatoms. The molecule has 0 aromatic rings. The van der Waals surface area contributed by atoms with Crippen LogP contribution >= 0.6 is 0 Å². The Bertz CT molecular complexity index is 161. The van der Waals surface area contributed by atoms with Gasteiger partial charge in [-0.25, -0.2) is 0 Å². The second kappa shape index (κ2) is 3.00. The van der Waals surface area contributed by atoms with Gasteiger partial charge in [0.1, 0.15) is 0 Å². The summed E-state index contributed by atoms with van der Waals surface area (Å²) < 4.78 is 0. The van der Waals surface area contributed by atoms with Crippen molar-refractivity contribution in [3.63, 3.8) is 0 Å². The Labute approximate surface area is 75.1 Å². The molecule has 1 saturated heterocycles. The van der Waals surface area contributed by atoms with Crippen molar-refractivity contribution in [2.24, 2.45) is 0 Å². The van der Waals surface area contributed by atoms with E-state index in [2.05, 4.69) is 24.5 Å². The van der Waals surface area contributed by atoms with Crippen LogP contribution in [-0.4, -0.2) is 24.2 Å². The molecule has 0 bridgehead atoms. The molecule has 12 heavy (non-hydrogen) atoms. The van der Waals surface area contributed by atoms with Crippen LogP contribution in [0.4, 0.5) is 0 Å². The van der Waals surface area contributed by atoms with Gasteiger partial charge in [-0.2, -0.15) is 0 Å². The van der Waals surface area contributed by atoms with Crippen LogP contribution in [0.2, 0.25) is 0 Å². The lowest BCUT2D eigenvalue weighted by Gasteiger charge is -2.37. The van der Waals surface area contributed by atoms with E-state index in [0.29, 0.717) is 5.54 Å². The predicted molar refractivity (Wildman–Crippen MR) is 51.3 cm³/mol. The Hall–Kier alpha value is -0.0800. The summed E-state index contributed by atoms with van der Waals surface area (Å²) in [5.74, 6) is 0. The van der Waals surface area contributed by atoms with E-state index in [9.17, 15) is 0 Å². The molecule has 1 aliphatic carbocycles. The second-order valence-electron chi connectivity index (χ2n) is 4.94. The maximum atomic E-state index is 3.71. The molecule has 0 aromatic carbocycles. The molecular weight excluding hydrogens is 148 g/mol. The van der Waals surface area contributed by atoms with Crippen molar-refractivity contribution in [1.29, 1.82) is 0 Å². The summed E-state index contributed by atoms with van der Waals surface area (Å²) >= 11 is 0. The van der Waals surface area contributed by atoms with Crippen molar-refractivity contribution in [2.75, 3.05) is 6.54 Å². The Morgan fingerprint density at radius 1 is 1.17 bits per heavy atom. The maximum Gasteiger partial charge on any atom is 0.0139 e. The first-order chi connectivity index (χ1) is 5.66. The van der Waals surface area contributed by atoms with Crippen molar-refractivity contribution in [3.8, 4) is 0 Å². The molecule has 2 nitrogen and oxygen atoms in total. The van der Waals surface area contributed by atoms with Gasteiger partial charge in [0, 0.05) is 17.6 Å². The SMILES string of the molecule is CC1(C)CC(NC2CC2)CCN1. The fourth-order valence-corrected chi connectivity index (χ4v) is 2.10. The van der Waals surface area contributed by atoms with Crippen LogP contribution in [0.5, 0.6) is 0 Å². The molecule has 0 aromatic heterocycles. The van der Waals surface area contributed by atoms with Gasteiger partial charge in [-0.3, -0.25) is 0 Å². The van der Waals surface area contributed by atoms with Gasteiger partial charge >= 0.3 is 0 Å². The first kappa shape index (κ1) is 8.52. The van der Waals surface area contributed by atoms with Crippen LogP contribution < -0.4 is 10.6 Å². The molecule has 1 heterocycles. The molecule has 1 saturated carbocycles. The van der Waals surface area contributed by atoms with E-state index >= 15 is 0 Å². The molecule has 2 fully saturated rings. The first-order valence-electron chi connectivity index (χ1n) is 5.17. The van der Waals surface area contributed by atoms with Crippen LogP contribution in [0.15, 0.2) is 0 Å². The topological polar surface area (TPSA) is 24.1 Å². The molecule has 2 rings (SSSR count). The minimum absolute atomic E-state index is 0.352. The highest BCUT2D eigenvalue weighted by molar-refractivity contribution is 4.93. The van der Waals surface area contributed by atoms with E-state index in [4.69, 9.17) is 0 Å². The van der Waals surface area contributed by atoms with E-state index < -0.39 is 0 Å². The third-order valence-electron chi connectivity index (χ3n) is 2.90. The van der Waals surface area contributed by atoms with Crippen molar-refractivity contribution in [2.45, 2.75) is 57.2 Å². The average molecular weight is 168 g/mol. The number of rotatable bonds is 2. The maximum absolute atomic E-state index is 3.71. The van der Waals surface area contributed by atoms with Crippen LogP contribution in [0.3, 0.4) is 0 Å². The van der Waals surface area contributed by atoms with Gasteiger partial charge in [0.25, 0.3) is 0 Å². The lowest BCUT2D eigenvalue weighted by Crippen LogP contribution is -2.52. The summed E-state index contributed by atoms with van der Waals surface area (Å²) in [6.07, 6.45) is 5.40. The third kappa shape index (κ3) is 2.20. The summed E-state index contributed by atoms with van der Waals surface area (Å²) in [5, 5.41) is 7.25. The van der Waals surface area contributed by atoms with Gasteiger partial charge in [-0.1, -0.05) is 0 Å². The smallest absolute Gasteiger partial charge is 0.0139 e. The fourth-order valence-electron chi connectivity index (χ4n) is 2.10. The minimum atomic E-state index is 0.352. The Morgan fingerprint density at radius 3 is 2.50 bits per heavy atom. The molecule has 70 valence electrons. The van der Waals surface area contributed by atoms with Gasteiger partial charge in [0.05, 0.1) is 0 Å². The summed E-state index contributed by atoms with van der Waals surface area (Å²) in [7, 11) is 0. The largest absolute Gasteiger partial charge is 0.312 e. The minimum Gasteiger partial charge on any atom is -0.312 e. The molecule has 2 aliphatic rings. The highest BCUT2D eigenvalue weighted by Gasteiger charge is 2.31. The number of nitrogens with one attached hydrogen (secondary N) is 2. The third-order valence-corrected chi connectivity index (χ3v) is 2.90. The second-order valence-corrected chi connectivity index (χ2v) is 4.94. The van der Waals surface area contributed by atoms with E-state index in [1.54, 1.807) is 0 Å². The summed E-state index contributed by atoms with van der Waals surface area (Å²) in [4.78, 5) is 0. The molecule has 1 aliphatic heterocycles. The molecule has 0 amide bonds. The summed E-state index contributed by atoms with van der Waals surface area (Å²) in [6, 6.07) is 1.64. The molecule has 2 N–H and O–H groups in total. The summed E-state index contributed by atoms with van der Waals surface area (Å²) in [6.45, 7) is 5.78. The van der Waals surface area contributed by atoms with Gasteiger partial charge in [0.15, 0.2) is 0 Å². The van der Waals surface area contributed by atoms with Gasteiger partial charge in [-0.15, -0.1) is 0 Å². The fraction of sp³-hybridized carbons (Fsp3) is 1.00.